The van der Waals surface area contributed by atoms with E-state index in [0.717, 1.165) is 5.39 Å². The van der Waals surface area contributed by atoms with Gasteiger partial charge in [0.2, 0.25) is 0 Å². The van der Waals surface area contributed by atoms with Crippen molar-refractivity contribution in [3.8, 4) is 0 Å². The van der Waals surface area contributed by atoms with Crippen LogP contribution in [0.1, 0.15) is 0 Å². The third kappa shape index (κ3) is 2.66. The number of pyridine rings is 1. The summed E-state index contributed by atoms with van der Waals surface area (Å²) in [6.07, 6.45) is 3.21. The van der Waals surface area contributed by atoms with Crippen molar-refractivity contribution in [2.75, 3.05) is 10.5 Å². The number of aromatic nitrogens is 1. The van der Waals surface area contributed by atoms with Gasteiger partial charge < -0.3 is 5.73 Å². The van der Waals surface area contributed by atoms with Crippen LogP contribution in [0.25, 0.3) is 10.8 Å². The molecule has 0 aliphatic heterocycles. The Morgan fingerprint density at radius 3 is 2.52 bits per heavy atom. The van der Waals surface area contributed by atoms with Gasteiger partial charge in [0.25, 0.3) is 10.0 Å². The Hall–Kier alpha value is -2.60. The largest absolute Gasteiger partial charge is 0.399 e. The third-order valence-corrected chi connectivity index (χ3v) is 4.53. The molecule has 0 aliphatic rings. The van der Waals surface area contributed by atoms with Crippen molar-refractivity contribution in [2.24, 2.45) is 0 Å². The number of nitrogen functional groups attached to an aromatic ring is 1. The molecule has 3 N–H and O–H groups in total. The molecule has 0 spiro atoms. The molecule has 2 aromatic carbocycles. The van der Waals surface area contributed by atoms with E-state index in [0.29, 0.717) is 16.8 Å². The van der Waals surface area contributed by atoms with Gasteiger partial charge >= 0.3 is 0 Å². The fourth-order valence-corrected chi connectivity index (χ4v) is 3.38. The molecule has 0 bridgehead atoms. The summed E-state index contributed by atoms with van der Waals surface area (Å²) in [5, 5.41) is 1.41. The van der Waals surface area contributed by atoms with Crippen molar-refractivity contribution in [2.45, 2.75) is 4.90 Å². The number of nitrogens with two attached hydrogens (primary N) is 1. The molecule has 0 fully saturated rings. The molecule has 0 atom stereocenters. The third-order valence-electron chi connectivity index (χ3n) is 3.09. The average molecular weight is 299 g/mol. The van der Waals surface area contributed by atoms with E-state index in [1.165, 1.54) is 0 Å². The lowest BCUT2D eigenvalue weighted by Gasteiger charge is -2.10. The summed E-state index contributed by atoms with van der Waals surface area (Å²) in [4.78, 5) is 4.22. The van der Waals surface area contributed by atoms with Crippen molar-refractivity contribution in [3.63, 3.8) is 0 Å². The van der Waals surface area contributed by atoms with Gasteiger partial charge in [0.15, 0.2) is 0 Å². The summed E-state index contributed by atoms with van der Waals surface area (Å²) in [5.41, 5.74) is 6.64. The number of benzene rings is 2. The second-order valence-electron chi connectivity index (χ2n) is 4.58. The van der Waals surface area contributed by atoms with Gasteiger partial charge in [-0.2, -0.15) is 0 Å². The Morgan fingerprint density at radius 1 is 1.00 bits per heavy atom. The maximum atomic E-state index is 12.5. The minimum atomic E-state index is -3.67. The Morgan fingerprint density at radius 2 is 1.76 bits per heavy atom. The highest BCUT2D eigenvalue weighted by molar-refractivity contribution is 7.93. The normalized spacial score (nSPS) is 11.4. The molecule has 0 radical (unpaired) electrons. The van der Waals surface area contributed by atoms with E-state index >= 15 is 0 Å². The number of sulfonamides is 1. The van der Waals surface area contributed by atoms with E-state index in [1.807, 2.05) is 6.07 Å². The van der Waals surface area contributed by atoms with Crippen LogP contribution in [-0.4, -0.2) is 13.4 Å². The van der Waals surface area contributed by atoms with Crippen LogP contribution in [0.5, 0.6) is 0 Å². The summed E-state index contributed by atoms with van der Waals surface area (Å²) in [5.74, 6) is 0. The predicted molar refractivity (Wildman–Crippen MR) is 83.4 cm³/mol. The van der Waals surface area contributed by atoms with Crippen molar-refractivity contribution in [1.82, 2.24) is 4.98 Å². The van der Waals surface area contributed by atoms with Gasteiger partial charge in [0, 0.05) is 34.5 Å². The standard InChI is InChI=1S/C15H13N3O2S/c16-12-4-6-13(7-5-12)18-21(19,20)15-3-1-2-11-10-17-9-8-14(11)15/h1-10,18H,16H2. The van der Waals surface area contributed by atoms with E-state index in [1.54, 1.807) is 54.9 Å². The molecule has 0 unspecified atom stereocenters. The Labute approximate surface area is 122 Å². The monoisotopic (exact) mass is 299 g/mol. The molecule has 5 nitrogen and oxygen atoms in total. The number of fused-ring (bicyclic) bond motifs is 1. The molecule has 6 heteroatoms. The highest BCUT2D eigenvalue weighted by Gasteiger charge is 2.17. The van der Waals surface area contributed by atoms with Crippen LogP contribution in [-0.2, 0) is 10.0 Å². The van der Waals surface area contributed by atoms with E-state index in [9.17, 15) is 8.42 Å². The number of nitrogens with zero attached hydrogens (tertiary/aromatic N) is 1. The maximum absolute atomic E-state index is 12.5. The van der Waals surface area contributed by atoms with Crippen molar-refractivity contribution < 1.29 is 8.42 Å². The first-order valence-electron chi connectivity index (χ1n) is 6.27. The minimum Gasteiger partial charge on any atom is -0.399 e. The van der Waals surface area contributed by atoms with Gasteiger partial charge in [-0.1, -0.05) is 12.1 Å². The van der Waals surface area contributed by atoms with E-state index in [4.69, 9.17) is 5.73 Å². The Kier molecular flexibility index (Phi) is 3.23. The molecular weight excluding hydrogens is 286 g/mol. The number of nitrogens with one attached hydrogen (secondary N) is 1. The molecule has 0 saturated heterocycles. The molecule has 0 aliphatic carbocycles. The number of anilines is 2. The number of rotatable bonds is 3. The lowest BCUT2D eigenvalue weighted by Crippen LogP contribution is -2.13. The van der Waals surface area contributed by atoms with E-state index < -0.39 is 10.0 Å². The highest BCUT2D eigenvalue weighted by atomic mass is 32.2. The molecule has 0 amide bonds. The van der Waals surface area contributed by atoms with Gasteiger partial charge in [0.1, 0.15) is 0 Å². The zero-order valence-corrected chi connectivity index (χ0v) is 11.8. The summed E-state index contributed by atoms with van der Waals surface area (Å²) in [6.45, 7) is 0. The topological polar surface area (TPSA) is 85.1 Å². The molecule has 21 heavy (non-hydrogen) atoms. The lowest BCUT2D eigenvalue weighted by molar-refractivity contribution is 0.602. The smallest absolute Gasteiger partial charge is 0.262 e. The molecule has 1 aromatic heterocycles. The summed E-state index contributed by atoms with van der Waals surface area (Å²) < 4.78 is 27.6. The predicted octanol–water partition coefficient (Wildman–Crippen LogP) is 2.62. The molecule has 106 valence electrons. The lowest BCUT2D eigenvalue weighted by atomic mass is 10.2. The SMILES string of the molecule is Nc1ccc(NS(=O)(=O)c2cccc3cnccc23)cc1. The highest BCUT2D eigenvalue weighted by Crippen LogP contribution is 2.24. The van der Waals surface area contributed by atoms with E-state index in [-0.39, 0.29) is 4.90 Å². The zero-order chi connectivity index (χ0) is 14.9. The van der Waals surface area contributed by atoms with Crippen LogP contribution in [0.4, 0.5) is 11.4 Å². The summed E-state index contributed by atoms with van der Waals surface area (Å²) in [7, 11) is -3.67. The maximum Gasteiger partial charge on any atom is 0.262 e. The average Bonchev–Trinajstić information content (AvgIpc) is 2.49. The van der Waals surface area contributed by atoms with Crippen LogP contribution in [0.3, 0.4) is 0 Å². The molecule has 3 aromatic rings. The molecule has 1 heterocycles. The fourth-order valence-electron chi connectivity index (χ4n) is 2.09. The van der Waals surface area contributed by atoms with Crippen molar-refractivity contribution in [3.05, 3.63) is 60.9 Å². The molecule has 3 rings (SSSR count). The number of hydrogen-bond acceptors (Lipinski definition) is 4. The van der Waals surface area contributed by atoms with Crippen LogP contribution in [0.15, 0.2) is 65.8 Å². The summed E-state index contributed by atoms with van der Waals surface area (Å²) >= 11 is 0. The minimum absolute atomic E-state index is 0.222. The second-order valence-corrected chi connectivity index (χ2v) is 6.23. The zero-order valence-electron chi connectivity index (χ0n) is 11.0. The quantitative estimate of drug-likeness (QED) is 0.728. The van der Waals surface area contributed by atoms with Crippen molar-refractivity contribution >= 4 is 32.2 Å². The number of hydrogen-bond donors (Lipinski definition) is 2. The van der Waals surface area contributed by atoms with Gasteiger partial charge in [0.05, 0.1) is 4.90 Å². The summed E-state index contributed by atoms with van der Waals surface area (Å²) in [6, 6.07) is 13.3. The van der Waals surface area contributed by atoms with Crippen molar-refractivity contribution in [1.29, 1.82) is 0 Å². The molecule has 0 saturated carbocycles. The van der Waals surface area contributed by atoms with Crippen LogP contribution in [0, 0.1) is 0 Å². The fraction of sp³-hybridized carbons (Fsp3) is 0. The Bertz CT molecular complexity index is 885. The van der Waals surface area contributed by atoms with Crippen LogP contribution in [0.2, 0.25) is 0 Å². The second kappa shape index (κ2) is 5.06. The molecular formula is C15H13N3O2S. The first-order chi connectivity index (χ1) is 10.1. The van der Waals surface area contributed by atoms with E-state index in [2.05, 4.69) is 9.71 Å². The first-order valence-corrected chi connectivity index (χ1v) is 7.76. The van der Waals surface area contributed by atoms with Gasteiger partial charge in [-0.25, -0.2) is 8.42 Å². The van der Waals surface area contributed by atoms with Crippen LogP contribution >= 0.6 is 0 Å². The van der Waals surface area contributed by atoms with Gasteiger partial charge in [-0.05, 0) is 36.4 Å². The van der Waals surface area contributed by atoms with Crippen LogP contribution < -0.4 is 10.5 Å². The Balaban J connectivity index is 2.06. The van der Waals surface area contributed by atoms with Gasteiger partial charge in [-0.15, -0.1) is 0 Å². The van der Waals surface area contributed by atoms with Gasteiger partial charge in [-0.3, -0.25) is 9.71 Å². The first kappa shape index (κ1) is 13.4.